The van der Waals surface area contributed by atoms with Crippen molar-refractivity contribution in [3.63, 3.8) is 0 Å². The van der Waals surface area contributed by atoms with Gasteiger partial charge in [0.15, 0.2) is 0 Å². The molecule has 1 aromatic rings. The van der Waals surface area contributed by atoms with Gasteiger partial charge < -0.3 is 5.32 Å². The molecule has 1 unspecified atom stereocenters. The molecule has 18 heavy (non-hydrogen) atoms. The summed E-state index contributed by atoms with van der Waals surface area (Å²) in [7, 11) is 0. The third kappa shape index (κ3) is 3.30. The molecule has 0 spiro atoms. The van der Waals surface area contributed by atoms with Crippen molar-refractivity contribution < 1.29 is 0 Å². The molecule has 0 aliphatic heterocycles. The monoisotopic (exact) mass is 263 g/mol. The van der Waals surface area contributed by atoms with E-state index in [1.54, 1.807) is 11.1 Å². The summed E-state index contributed by atoms with van der Waals surface area (Å²) in [5.74, 6) is 3.22. The predicted octanol–water partition coefficient (Wildman–Crippen LogP) is 4.36. The Morgan fingerprint density at radius 2 is 2.06 bits per heavy atom. The van der Waals surface area contributed by atoms with Gasteiger partial charge in [0, 0.05) is 11.8 Å². The number of hydrogen-bond donors (Lipinski definition) is 1. The zero-order valence-corrected chi connectivity index (χ0v) is 12.4. The smallest absolute Gasteiger partial charge is 0.0414 e. The van der Waals surface area contributed by atoms with Crippen molar-refractivity contribution in [1.29, 1.82) is 0 Å². The quantitative estimate of drug-likeness (QED) is 0.784. The summed E-state index contributed by atoms with van der Waals surface area (Å²) >= 11 is 2.03. The molecule has 1 saturated carbocycles. The summed E-state index contributed by atoms with van der Waals surface area (Å²) in [6, 6.07) is 9.60. The molecule has 2 rings (SSSR count). The van der Waals surface area contributed by atoms with Crippen LogP contribution in [0.2, 0.25) is 0 Å². The zero-order chi connectivity index (χ0) is 12.8. The van der Waals surface area contributed by atoms with Crippen molar-refractivity contribution in [2.45, 2.75) is 45.1 Å². The maximum atomic E-state index is 3.66. The van der Waals surface area contributed by atoms with Crippen LogP contribution in [0.5, 0.6) is 0 Å². The maximum Gasteiger partial charge on any atom is 0.0414 e. The minimum Gasteiger partial charge on any atom is -0.310 e. The first kappa shape index (κ1) is 14.0. The zero-order valence-electron chi connectivity index (χ0n) is 11.6. The van der Waals surface area contributed by atoms with Gasteiger partial charge in [0.05, 0.1) is 0 Å². The number of nitrogens with one attached hydrogen (secondary N) is 1. The second kappa shape index (κ2) is 7.20. The minimum absolute atomic E-state index is 0.525. The van der Waals surface area contributed by atoms with Crippen LogP contribution >= 0.6 is 11.8 Å². The molecule has 0 radical (unpaired) electrons. The van der Waals surface area contributed by atoms with Gasteiger partial charge in [0.25, 0.3) is 0 Å². The van der Waals surface area contributed by atoms with E-state index < -0.39 is 0 Å². The fraction of sp³-hybridized carbons (Fsp3) is 0.625. The summed E-state index contributed by atoms with van der Waals surface area (Å²) in [5.41, 5.74) is 3.15. The van der Waals surface area contributed by atoms with E-state index in [9.17, 15) is 0 Å². The average molecular weight is 263 g/mol. The number of rotatable bonds is 7. The summed E-state index contributed by atoms with van der Waals surface area (Å²) in [5, 5.41) is 3.66. The molecule has 0 bridgehead atoms. The summed E-state index contributed by atoms with van der Waals surface area (Å²) in [6.45, 7) is 5.50. The van der Waals surface area contributed by atoms with Crippen molar-refractivity contribution in [3.05, 3.63) is 35.4 Å². The lowest BCUT2D eigenvalue weighted by atomic mass is 9.77. The molecule has 2 heteroatoms. The van der Waals surface area contributed by atoms with E-state index in [0.717, 1.165) is 12.5 Å². The lowest BCUT2D eigenvalue weighted by Crippen LogP contribution is -2.25. The van der Waals surface area contributed by atoms with Gasteiger partial charge in [0.1, 0.15) is 0 Å². The van der Waals surface area contributed by atoms with E-state index in [0.29, 0.717) is 6.04 Å². The SMILES string of the molecule is CCNC(CSCC)c1ccccc1C1CCC1. The summed E-state index contributed by atoms with van der Waals surface area (Å²) < 4.78 is 0. The first-order valence-electron chi connectivity index (χ1n) is 7.26. The molecular weight excluding hydrogens is 238 g/mol. The molecule has 100 valence electrons. The van der Waals surface area contributed by atoms with Crippen LogP contribution in [-0.2, 0) is 0 Å². The Morgan fingerprint density at radius 1 is 1.28 bits per heavy atom. The molecule has 1 N–H and O–H groups in total. The average Bonchev–Trinajstić information content (AvgIpc) is 2.33. The summed E-state index contributed by atoms with van der Waals surface area (Å²) in [4.78, 5) is 0. The molecule has 0 heterocycles. The third-order valence-corrected chi connectivity index (χ3v) is 4.83. The van der Waals surface area contributed by atoms with Crippen LogP contribution in [-0.4, -0.2) is 18.1 Å². The van der Waals surface area contributed by atoms with Crippen molar-refractivity contribution in [2.24, 2.45) is 0 Å². The van der Waals surface area contributed by atoms with Crippen molar-refractivity contribution in [1.82, 2.24) is 5.32 Å². The van der Waals surface area contributed by atoms with Crippen molar-refractivity contribution >= 4 is 11.8 Å². The summed E-state index contributed by atoms with van der Waals surface area (Å²) in [6.07, 6.45) is 4.18. The number of benzene rings is 1. The standard InChI is InChI=1S/C16H25NS/c1-3-17-16(12-18-4-2)15-11-6-5-10-14(15)13-8-7-9-13/h5-6,10-11,13,16-17H,3-4,7-9,12H2,1-2H3. The predicted molar refractivity (Wildman–Crippen MR) is 82.5 cm³/mol. The first-order chi connectivity index (χ1) is 8.86. The van der Waals surface area contributed by atoms with Gasteiger partial charge >= 0.3 is 0 Å². The molecule has 1 fully saturated rings. The second-order valence-electron chi connectivity index (χ2n) is 5.03. The normalized spacial score (nSPS) is 17.4. The van der Waals surface area contributed by atoms with Gasteiger partial charge in [-0.1, -0.05) is 44.5 Å². The van der Waals surface area contributed by atoms with Crippen LogP contribution in [0.1, 0.15) is 56.2 Å². The van der Waals surface area contributed by atoms with E-state index in [1.165, 1.54) is 30.8 Å². The second-order valence-corrected chi connectivity index (χ2v) is 6.35. The molecule has 1 aromatic carbocycles. The largest absolute Gasteiger partial charge is 0.310 e. The van der Waals surface area contributed by atoms with Crippen LogP contribution in [0.4, 0.5) is 0 Å². The van der Waals surface area contributed by atoms with Crippen molar-refractivity contribution in [3.8, 4) is 0 Å². The van der Waals surface area contributed by atoms with Gasteiger partial charge in [-0.25, -0.2) is 0 Å². The van der Waals surface area contributed by atoms with E-state index in [1.807, 2.05) is 11.8 Å². The highest BCUT2D eigenvalue weighted by atomic mass is 32.2. The van der Waals surface area contributed by atoms with E-state index in [4.69, 9.17) is 0 Å². The van der Waals surface area contributed by atoms with Crippen LogP contribution in [0.25, 0.3) is 0 Å². The van der Waals surface area contributed by atoms with Gasteiger partial charge in [-0.2, -0.15) is 11.8 Å². The molecule has 0 saturated heterocycles. The highest BCUT2D eigenvalue weighted by Gasteiger charge is 2.24. The molecule has 0 amide bonds. The van der Waals surface area contributed by atoms with E-state index in [2.05, 4.69) is 43.4 Å². The molecular formula is C16H25NS. The Hall–Kier alpha value is -0.470. The van der Waals surface area contributed by atoms with E-state index >= 15 is 0 Å². The first-order valence-corrected chi connectivity index (χ1v) is 8.42. The number of thioether (sulfide) groups is 1. The molecule has 1 aliphatic carbocycles. The Kier molecular flexibility index (Phi) is 5.58. The highest BCUT2D eigenvalue weighted by Crippen LogP contribution is 2.39. The molecule has 1 nitrogen and oxygen atoms in total. The van der Waals surface area contributed by atoms with Gasteiger partial charge in [-0.3, -0.25) is 0 Å². The Labute approximate surface area is 116 Å². The van der Waals surface area contributed by atoms with E-state index in [-0.39, 0.29) is 0 Å². The lowest BCUT2D eigenvalue weighted by molar-refractivity contribution is 0.413. The molecule has 1 atom stereocenters. The van der Waals surface area contributed by atoms with Crippen molar-refractivity contribution in [2.75, 3.05) is 18.1 Å². The van der Waals surface area contributed by atoms with Crippen LogP contribution in [0.3, 0.4) is 0 Å². The van der Waals surface area contributed by atoms with Gasteiger partial charge in [-0.15, -0.1) is 0 Å². The Balaban J connectivity index is 2.16. The Bertz CT molecular complexity index is 360. The fourth-order valence-electron chi connectivity index (χ4n) is 2.66. The number of hydrogen-bond acceptors (Lipinski definition) is 2. The molecule has 1 aliphatic rings. The lowest BCUT2D eigenvalue weighted by Gasteiger charge is -2.30. The van der Waals surface area contributed by atoms with Crippen LogP contribution in [0, 0.1) is 0 Å². The topological polar surface area (TPSA) is 12.0 Å². The third-order valence-electron chi connectivity index (χ3n) is 3.86. The fourth-order valence-corrected chi connectivity index (χ4v) is 3.43. The minimum atomic E-state index is 0.525. The van der Waals surface area contributed by atoms with Gasteiger partial charge in [0.2, 0.25) is 0 Å². The van der Waals surface area contributed by atoms with Crippen LogP contribution < -0.4 is 5.32 Å². The van der Waals surface area contributed by atoms with Gasteiger partial charge in [-0.05, 0) is 42.2 Å². The maximum absolute atomic E-state index is 3.66. The molecule has 0 aromatic heterocycles. The van der Waals surface area contributed by atoms with Crippen LogP contribution in [0.15, 0.2) is 24.3 Å². The highest BCUT2D eigenvalue weighted by molar-refractivity contribution is 7.99. The Morgan fingerprint density at radius 3 is 2.67 bits per heavy atom.